The minimum Gasteiger partial charge on any atom is -0.388 e. The highest BCUT2D eigenvalue weighted by Crippen LogP contribution is 2.28. The number of nitrogens with two attached hydrogens (primary N) is 1. The number of rotatable bonds is 5. The van der Waals surface area contributed by atoms with Crippen molar-refractivity contribution in [3.8, 4) is 0 Å². The van der Waals surface area contributed by atoms with Gasteiger partial charge in [-0.25, -0.2) is 13.2 Å². The van der Waals surface area contributed by atoms with Crippen molar-refractivity contribution in [1.82, 2.24) is 0 Å². The zero-order chi connectivity index (χ0) is 13.9. The lowest BCUT2D eigenvalue weighted by atomic mass is 9.88. The van der Waals surface area contributed by atoms with Crippen molar-refractivity contribution >= 4 is 0 Å². The first-order chi connectivity index (χ1) is 8.36. The van der Waals surface area contributed by atoms with Gasteiger partial charge < -0.3 is 10.8 Å². The van der Waals surface area contributed by atoms with E-state index in [1.54, 1.807) is 0 Å². The van der Waals surface area contributed by atoms with Crippen LogP contribution in [0.1, 0.15) is 31.9 Å². The summed E-state index contributed by atoms with van der Waals surface area (Å²) in [6.45, 7) is 4.11. The first kappa shape index (κ1) is 15.0. The van der Waals surface area contributed by atoms with Crippen LogP contribution in [0.15, 0.2) is 12.1 Å². The molecule has 5 heteroatoms. The second-order valence-electron chi connectivity index (χ2n) is 4.87. The van der Waals surface area contributed by atoms with Crippen LogP contribution in [0.4, 0.5) is 13.2 Å². The number of hydrogen-bond acceptors (Lipinski definition) is 2. The average Bonchev–Trinajstić information content (AvgIpc) is 2.31. The lowest BCUT2D eigenvalue weighted by Gasteiger charge is -2.23. The zero-order valence-corrected chi connectivity index (χ0v) is 10.5. The molecule has 0 aliphatic rings. The van der Waals surface area contributed by atoms with Gasteiger partial charge in [-0.1, -0.05) is 13.8 Å². The predicted octanol–water partition coefficient (Wildman–Crippen LogP) is 2.76. The molecular weight excluding hydrogens is 243 g/mol. The lowest BCUT2D eigenvalue weighted by Crippen LogP contribution is -2.24. The Hall–Kier alpha value is -1.07. The standard InChI is InChI=1S/C13H18F3NO/c1-7(2)3-9(6-17)13(18)8-4-10(14)12(16)11(15)5-8/h4-5,7,9,13,18H,3,6,17H2,1-2H3. The smallest absolute Gasteiger partial charge is 0.194 e. The highest BCUT2D eigenvalue weighted by atomic mass is 19.2. The fourth-order valence-corrected chi connectivity index (χ4v) is 1.98. The molecule has 1 aromatic carbocycles. The topological polar surface area (TPSA) is 46.2 Å². The van der Waals surface area contributed by atoms with Gasteiger partial charge in [-0.3, -0.25) is 0 Å². The molecule has 0 heterocycles. The molecule has 0 aliphatic heterocycles. The Morgan fingerprint density at radius 3 is 2.06 bits per heavy atom. The Kier molecular flexibility index (Phi) is 5.16. The molecule has 1 aromatic rings. The quantitative estimate of drug-likeness (QED) is 0.801. The van der Waals surface area contributed by atoms with E-state index in [1.165, 1.54) is 0 Å². The van der Waals surface area contributed by atoms with Gasteiger partial charge in [0.2, 0.25) is 0 Å². The average molecular weight is 261 g/mol. The normalized spacial score (nSPS) is 14.9. The van der Waals surface area contributed by atoms with Crippen LogP contribution in [0.3, 0.4) is 0 Å². The molecule has 2 atom stereocenters. The molecule has 0 saturated heterocycles. The second kappa shape index (κ2) is 6.20. The molecule has 0 fully saturated rings. The molecule has 0 saturated carbocycles. The van der Waals surface area contributed by atoms with E-state index in [-0.39, 0.29) is 18.0 Å². The molecule has 2 nitrogen and oxygen atoms in total. The van der Waals surface area contributed by atoms with Gasteiger partial charge in [-0.05, 0) is 36.6 Å². The summed E-state index contributed by atoms with van der Waals surface area (Å²) < 4.78 is 39.0. The molecule has 3 N–H and O–H groups in total. The van der Waals surface area contributed by atoms with Gasteiger partial charge in [0.15, 0.2) is 17.5 Å². The Morgan fingerprint density at radius 1 is 1.17 bits per heavy atom. The van der Waals surface area contributed by atoms with E-state index in [0.29, 0.717) is 12.3 Å². The van der Waals surface area contributed by atoms with E-state index < -0.39 is 23.6 Å². The number of benzene rings is 1. The van der Waals surface area contributed by atoms with Gasteiger partial charge in [-0.15, -0.1) is 0 Å². The Labute approximate surface area is 105 Å². The Bertz CT molecular complexity index is 386. The minimum absolute atomic E-state index is 0.0162. The van der Waals surface area contributed by atoms with Crippen LogP contribution in [-0.4, -0.2) is 11.7 Å². The highest BCUT2D eigenvalue weighted by molar-refractivity contribution is 5.22. The molecule has 0 bridgehead atoms. The summed E-state index contributed by atoms with van der Waals surface area (Å²) >= 11 is 0. The zero-order valence-electron chi connectivity index (χ0n) is 10.5. The summed E-state index contributed by atoms with van der Waals surface area (Å²) in [5.41, 5.74) is 5.56. The second-order valence-corrected chi connectivity index (χ2v) is 4.87. The summed E-state index contributed by atoms with van der Waals surface area (Å²) in [6.07, 6.45) is -0.472. The van der Waals surface area contributed by atoms with Crippen molar-refractivity contribution in [2.45, 2.75) is 26.4 Å². The van der Waals surface area contributed by atoms with Crippen LogP contribution in [0.2, 0.25) is 0 Å². The largest absolute Gasteiger partial charge is 0.388 e. The minimum atomic E-state index is -1.53. The number of aliphatic hydroxyl groups is 1. The summed E-state index contributed by atoms with van der Waals surface area (Å²) in [5.74, 6) is -4.15. The number of halogens is 3. The number of aliphatic hydroxyl groups excluding tert-OH is 1. The van der Waals surface area contributed by atoms with Gasteiger partial charge in [0.1, 0.15) is 0 Å². The van der Waals surface area contributed by atoms with Gasteiger partial charge in [0, 0.05) is 5.92 Å². The van der Waals surface area contributed by atoms with E-state index in [0.717, 1.165) is 12.1 Å². The van der Waals surface area contributed by atoms with Crippen LogP contribution >= 0.6 is 0 Å². The molecule has 1 rings (SSSR count). The molecule has 18 heavy (non-hydrogen) atoms. The third-order valence-electron chi connectivity index (χ3n) is 2.87. The van der Waals surface area contributed by atoms with E-state index >= 15 is 0 Å². The van der Waals surface area contributed by atoms with E-state index in [4.69, 9.17) is 5.73 Å². The van der Waals surface area contributed by atoms with Gasteiger partial charge >= 0.3 is 0 Å². The summed E-state index contributed by atoms with van der Waals surface area (Å²) in [5, 5.41) is 10.0. The van der Waals surface area contributed by atoms with Gasteiger partial charge in [0.05, 0.1) is 6.10 Å². The van der Waals surface area contributed by atoms with Crippen molar-refractivity contribution < 1.29 is 18.3 Å². The van der Waals surface area contributed by atoms with Crippen LogP contribution in [0, 0.1) is 29.3 Å². The Balaban J connectivity index is 2.98. The first-order valence-corrected chi connectivity index (χ1v) is 5.89. The van der Waals surface area contributed by atoms with Crippen LogP contribution < -0.4 is 5.73 Å². The highest BCUT2D eigenvalue weighted by Gasteiger charge is 2.23. The number of hydrogen-bond donors (Lipinski definition) is 2. The van der Waals surface area contributed by atoms with E-state index in [1.807, 2.05) is 13.8 Å². The van der Waals surface area contributed by atoms with Crippen LogP contribution in [-0.2, 0) is 0 Å². The monoisotopic (exact) mass is 261 g/mol. The van der Waals surface area contributed by atoms with Crippen LogP contribution in [0.5, 0.6) is 0 Å². The maximum Gasteiger partial charge on any atom is 0.194 e. The third-order valence-corrected chi connectivity index (χ3v) is 2.87. The molecule has 2 unspecified atom stereocenters. The molecule has 0 spiro atoms. The van der Waals surface area contributed by atoms with Crippen molar-refractivity contribution in [3.05, 3.63) is 35.1 Å². The van der Waals surface area contributed by atoms with Crippen molar-refractivity contribution in [3.63, 3.8) is 0 Å². The fraction of sp³-hybridized carbons (Fsp3) is 0.538. The molecule has 0 amide bonds. The van der Waals surface area contributed by atoms with Crippen molar-refractivity contribution in [2.24, 2.45) is 17.6 Å². The van der Waals surface area contributed by atoms with E-state index in [9.17, 15) is 18.3 Å². The van der Waals surface area contributed by atoms with Crippen LogP contribution in [0.25, 0.3) is 0 Å². The van der Waals surface area contributed by atoms with Gasteiger partial charge in [-0.2, -0.15) is 0 Å². The fourth-order valence-electron chi connectivity index (χ4n) is 1.98. The molecule has 0 aromatic heterocycles. The first-order valence-electron chi connectivity index (χ1n) is 5.89. The SMILES string of the molecule is CC(C)CC(CN)C(O)c1cc(F)c(F)c(F)c1. The molecule has 0 aliphatic carbocycles. The summed E-state index contributed by atoms with van der Waals surface area (Å²) in [4.78, 5) is 0. The van der Waals surface area contributed by atoms with Crippen molar-refractivity contribution in [2.75, 3.05) is 6.54 Å². The van der Waals surface area contributed by atoms with Gasteiger partial charge in [0.25, 0.3) is 0 Å². The summed E-state index contributed by atoms with van der Waals surface area (Å²) in [7, 11) is 0. The van der Waals surface area contributed by atoms with Crippen molar-refractivity contribution in [1.29, 1.82) is 0 Å². The molecule has 102 valence electrons. The maximum atomic E-state index is 13.1. The maximum absolute atomic E-state index is 13.1. The lowest BCUT2D eigenvalue weighted by molar-refractivity contribution is 0.0986. The third kappa shape index (κ3) is 3.46. The Morgan fingerprint density at radius 2 is 1.67 bits per heavy atom. The molecular formula is C13H18F3NO. The van der Waals surface area contributed by atoms with E-state index in [2.05, 4.69) is 0 Å². The summed E-state index contributed by atoms with van der Waals surface area (Å²) in [6, 6.07) is 1.62. The molecule has 0 radical (unpaired) electrons. The predicted molar refractivity (Wildman–Crippen MR) is 63.3 cm³/mol.